The van der Waals surface area contributed by atoms with E-state index in [2.05, 4.69) is 6.07 Å². The van der Waals surface area contributed by atoms with Crippen molar-refractivity contribution in [1.82, 2.24) is 0 Å². The minimum absolute atomic E-state index is 0.169. The summed E-state index contributed by atoms with van der Waals surface area (Å²) in [6, 6.07) is 6.05. The number of thioether (sulfide) groups is 1. The lowest BCUT2D eigenvalue weighted by molar-refractivity contribution is 0.137. The van der Waals surface area contributed by atoms with Crippen LogP contribution in [0, 0.1) is 0 Å². The molecule has 0 saturated heterocycles. The van der Waals surface area contributed by atoms with Crippen LogP contribution in [0.4, 0.5) is 0 Å². The molecule has 98 valence electrons. The van der Waals surface area contributed by atoms with Gasteiger partial charge in [-0.15, -0.1) is 11.8 Å². The molecule has 18 heavy (non-hydrogen) atoms. The normalized spacial score (nSPS) is 26.9. The fourth-order valence-electron chi connectivity index (χ4n) is 2.49. The van der Waals surface area contributed by atoms with Gasteiger partial charge in [0.15, 0.2) is 11.5 Å². The Hall–Kier alpha value is -0.870. The summed E-state index contributed by atoms with van der Waals surface area (Å²) in [4.78, 5) is 1.16. The smallest absolute Gasteiger partial charge is 0.162 e. The van der Waals surface area contributed by atoms with E-state index in [-0.39, 0.29) is 6.10 Å². The minimum atomic E-state index is -0.169. The standard InChI is InChI=1S/C14H18O3S/c15-11-3-1-2-4-14(11)18-10-5-6-12-13(9-10)17-8-7-16-12/h5-6,9,11,14-15H,1-4,7-8H2/t11-,14-/m0/s1. The summed E-state index contributed by atoms with van der Waals surface area (Å²) < 4.78 is 11.1. The zero-order valence-electron chi connectivity index (χ0n) is 10.3. The molecule has 1 aliphatic heterocycles. The summed E-state index contributed by atoms with van der Waals surface area (Å²) in [5.41, 5.74) is 0. The summed E-state index contributed by atoms with van der Waals surface area (Å²) in [6.07, 6.45) is 4.23. The fourth-order valence-corrected chi connectivity index (χ4v) is 3.74. The van der Waals surface area contributed by atoms with Gasteiger partial charge in [0.2, 0.25) is 0 Å². The van der Waals surface area contributed by atoms with Gasteiger partial charge in [-0.05, 0) is 31.0 Å². The molecule has 2 atom stereocenters. The third kappa shape index (κ3) is 2.59. The van der Waals surface area contributed by atoms with Gasteiger partial charge in [-0.25, -0.2) is 0 Å². The first-order valence-corrected chi connectivity index (χ1v) is 7.45. The van der Waals surface area contributed by atoms with Crippen molar-refractivity contribution < 1.29 is 14.6 Å². The Morgan fingerprint density at radius 2 is 1.83 bits per heavy atom. The molecule has 0 amide bonds. The summed E-state index contributed by atoms with van der Waals surface area (Å²) in [6.45, 7) is 1.24. The largest absolute Gasteiger partial charge is 0.486 e. The Bertz CT molecular complexity index is 422. The summed E-state index contributed by atoms with van der Waals surface area (Å²) in [5, 5.41) is 10.3. The molecule has 3 nitrogen and oxygen atoms in total. The molecule has 0 aromatic heterocycles. The van der Waals surface area contributed by atoms with Gasteiger partial charge in [-0.2, -0.15) is 0 Å². The Labute approximate surface area is 111 Å². The van der Waals surface area contributed by atoms with Gasteiger partial charge < -0.3 is 14.6 Å². The van der Waals surface area contributed by atoms with Crippen LogP contribution in [0.5, 0.6) is 11.5 Å². The van der Waals surface area contributed by atoms with Crippen molar-refractivity contribution in [2.45, 2.75) is 41.9 Å². The maximum absolute atomic E-state index is 9.99. The molecule has 0 unspecified atom stereocenters. The molecular weight excluding hydrogens is 248 g/mol. The van der Waals surface area contributed by atoms with Crippen LogP contribution >= 0.6 is 11.8 Å². The zero-order valence-corrected chi connectivity index (χ0v) is 11.1. The molecule has 4 heteroatoms. The number of aliphatic hydroxyl groups is 1. The van der Waals surface area contributed by atoms with Gasteiger partial charge in [-0.1, -0.05) is 12.8 Å². The van der Waals surface area contributed by atoms with Crippen LogP contribution in [0.1, 0.15) is 25.7 Å². The molecule has 1 aromatic rings. The van der Waals surface area contributed by atoms with Crippen molar-refractivity contribution in [3.8, 4) is 11.5 Å². The van der Waals surface area contributed by atoms with Gasteiger partial charge in [0.1, 0.15) is 13.2 Å². The molecule has 1 heterocycles. The van der Waals surface area contributed by atoms with Crippen LogP contribution in [-0.4, -0.2) is 29.7 Å². The van der Waals surface area contributed by atoms with Gasteiger partial charge >= 0.3 is 0 Å². The second-order valence-corrected chi connectivity index (χ2v) is 6.13. The lowest BCUT2D eigenvalue weighted by atomic mass is 9.97. The van der Waals surface area contributed by atoms with Gasteiger partial charge in [0.25, 0.3) is 0 Å². The predicted molar refractivity (Wildman–Crippen MR) is 71.6 cm³/mol. The minimum Gasteiger partial charge on any atom is -0.486 e. The molecule has 0 bridgehead atoms. The molecule has 1 fully saturated rings. The molecule has 1 aromatic carbocycles. The van der Waals surface area contributed by atoms with Crippen LogP contribution in [0.2, 0.25) is 0 Å². The average Bonchev–Trinajstić information content (AvgIpc) is 2.41. The van der Waals surface area contributed by atoms with Crippen LogP contribution in [0.15, 0.2) is 23.1 Å². The lowest BCUT2D eigenvalue weighted by Crippen LogP contribution is -2.26. The molecule has 0 radical (unpaired) electrons. The first-order valence-electron chi connectivity index (χ1n) is 6.57. The third-order valence-corrected chi connectivity index (χ3v) is 4.85. The fraction of sp³-hybridized carbons (Fsp3) is 0.571. The Morgan fingerprint density at radius 3 is 2.67 bits per heavy atom. The monoisotopic (exact) mass is 266 g/mol. The molecule has 2 aliphatic rings. The van der Waals surface area contributed by atoms with Crippen molar-refractivity contribution in [1.29, 1.82) is 0 Å². The second kappa shape index (κ2) is 5.41. The number of hydrogen-bond acceptors (Lipinski definition) is 4. The number of fused-ring (bicyclic) bond motifs is 1. The van der Waals surface area contributed by atoms with Crippen molar-refractivity contribution in [3.63, 3.8) is 0 Å². The molecular formula is C14H18O3S. The van der Waals surface area contributed by atoms with E-state index >= 15 is 0 Å². The van der Waals surface area contributed by atoms with Crippen molar-refractivity contribution in [2.75, 3.05) is 13.2 Å². The maximum atomic E-state index is 9.99. The van der Waals surface area contributed by atoms with E-state index in [9.17, 15) is 5.11 Å². The first kappa shape index (κ1) is 12.2. The highest BCUT2D eigenvalue weighted by molar-refractivity contribution is 8.00. The van der Waals surface area contributed by atoms with Crippen LogP contribution in [0.25, 0.3) is 0 Å². The lowest BCUT2D eigenvalue weighted by Gasteiger charge is -2.27. The average molecular weight is 266 g/mol. The third-order valence-electron chi connectivity index (χ3n) is 3.47. The van der Waals surface area contributed by atoms with Crippen LogP contribution in [-0.2, 0) is 0 Å². The van der Waals surface area contributed by atoms with E-state index in [0.29, 0.717) is 18.5 Å². The highest BCUT2D eigenvalue weighted by Gasteiger charge is 2.24. The van der Waals surface area contributed by atoms with Crippen molar-refractivity contribution >= 4 is 11.8 Å². The van der Waals surface area contributed by atoms with Crippen molar-refractivity contribution in [2.24, 2.45) is 0 Å². The number of aliphatic hydroxyl groups excluding tert-OH is 1. The Morgan fingerprint density at radius 1 is 1.06 bits per heavy atom. The molecule has 1 aliphatic carbocycles. The summed E-state index contributed by atoms with van der Waals surface area (Å²) >= 11 is 1.76. The van der Waals surface area contributed by atoms with Crippen molar-refractivity contribution in [3.05, 3.63) is 18.2 Å². The van der Waals surface area contributed by atoms with E-state index in [1.54, 1.807) is 11.8 Å². The van der Waals surface area contributed by atoms with E-state index in [1.807, 2.05) is 12.1 Å². The highest BCUT2D eigenvalue weighted by atomic mass is 32.2. The van der Waals surface area contributed by atoms with Gasteiger partial charge in [0.05, 0.1) is 6.10 Å². The first-order chi connectivity index (χ1) is 8.83. The Balaban J connectivity index is 1.72. The van der Waals surface area contributed by atoms with Crippen LogP contribution < -0.4 is 9.47 Å². The second-order valence-electron chi connectivity index (χ2n) is 4.81. The zero-order chi connectivity index (χ0) is 12.4. The van der Waals surface area contributed by atoms with E-state index in [4.69, 9.17) is 9.47 Å². The summed E-state index contributed by atoms with van der Waals surface area (Å²) in [7, 11) is 0. The van der Waals surface area contributed by atoms with Gasteiger partial charge in [-0.3, -0.25) is 0 Å². The predicted octanol–water partition coefficient (Wildman–Crippen LogP) is 2.85. The van der Waals surface area contributed by atoms with Crippen LogP contribution in [0.3, 0.4) is 0 Å². The van der Waals surface area contributed by atoms with E-state index in [1.165, 1.54) is 6.42 Å². The quantitative estimate of drug-likeness (QED) is 0.893. The topological polar surface area (TPSA) is 38.7 Å². The Kier molecular flexibility index (Phi) is 3.66. The molecule has 1 saturated carbocycles. The highest BCUT2D eigenvalue weighted by Crippen LogP contribution is 2.38. The number of rotatable bonds is 2. The molecule has 0 spiro atoms. The number of hydrogen-bond donors (Lipinski definition) is 1. The SMILES string of the molecule is O[C@H]1CCCC[C@@H]1Sc1ccc2c(c1)OCCO2. The van der Waals surface area contributed by atoms with E-state index in [0.717, 1.165) is 35.7 Å². The summed E-state index contributed by atoms with van der Waals surface area (Å²) in [5.74, 6) is 1.66. The number of ether oxygens (including phenoxy) is 2. The molecule has 3 rings (SSSR count). The molecule has 1 N–H and O–H groups in total. The van der Waals surface area contributed by atoms with Gasteiger partial charge in [0, 0.05) is 10.1 Å². The maximum Gasteiger partial charge on any atom is 0.162 e. The number of benzene rings is 1. The van der Waals surface area contributed by atoms with E-state index < -0.39 is 0 Å².